The van der Waals surface area contributed by atoms with Crippen molar-refractivity contribution in [1.82, 2.24) is 14.9 Å². The Morgan fingerprint density at radius 1 is 1.18 bits per heavy atom. The number of thiophene rings is 1. The summed E-state index contributed by atoms with van der Waals surface area (Å²) in [6.45, 7) is 1.93. The number of aryl methyl sites for hydroxylation is 1. The molecule has 1 fully saturated rings. The summed E-state index contributed by atoms with van der Waals surface area (Å²) in [6.07, 6.45) is 1.76. The van der Waals surface area contributed by atoms with E-state index in [1.165, 1.54) is 15.9 Å². The number of rotatable bonds is 6. The number of nitrogens with two attached hydrogens (primary N) is 1. The summed E-state index contributed by atoms with van der Waals surface area (Å²) in [6, 6.07) is 16.7. The molecule has 8 nitrogen and oxygen atoms in total. The van der Waals surface area contributed by atoms with E-state index < -0.39 is 5.56 Å². The highest BCUT2D eigenvalue weighted by atomic mass is 32.1. The van der Waals surface area contributed by atoms with Gasteiger partial charge in [0.2, 0.25) is 0 Å². The van der Waals surface area contributed by atoms with Crippen LogP contribution in [0, 0.1) is 6.92 Å². The van der Waals surface area contributed by atoms with Gasteiger partial charge in [-0.05, 0) is 49.6 Å². The van der Waals surface area contributed by atoms with E-state index in [0.717, 1.165) is 18.4 Å². The number of nitrogens with one attached hydrogen (secondary N) is 1. The average molecular weight is 477 g/mol. The molecular weight excluding hydrogens is 452 g/mol. The number of carbonyl (C=O) groups is 1. The summed E-state index contributed by atoms with van der Waals surface area (Å²) in [5, 5.41) is 3.02. The second kappa shape index (κ2) is 8.92. The number of nitrogen functional groups attached to an aromatic ring is 1. The maximum atomic E-state index is 13.0. The highest BCUT2D eigenvalue weighted by molar-refractivity contribution is 7.20. The van der Waals surface area contributed by atoms with E-state index in [4.69, 9.17) is 15.2 Å². The number of hydrogen-bond donors (Lipinski definition) is 2. The predicted molar refractivity (Wildman–Crippen MR) is 132 cm³/mol. The molecule has 5 rings (SSSR count). The van der Waals surface area contributed by atoms with Crippen LogP contribution in [-0.4, -0.2) is 34.7 Å². The molecule has 2 heterocycles. The summed E-state index contributed by atoms with van der Waals surface area (Å²) in [7, 11) is 1.67. The third-order valence-corrected chi connectivity index (χ3v) is 6.98. The molecule has 1 amide bonds. The number of anilines is 1. The molecule has 0 bridgehead atoms. The van der Waals surface area contributed by atoms with E-state index in [1.807, 2.05) is 49.4 Å². The van der Waals surface area contributed by atoms with E-state index >= 15 is 0 Å². The number of carbonyl (C=O) groups excluding carboxylic acids is 1. The molecule has 1 saturated carbocycles. The van der Waals surface area contributed by atoms with Crippen LogP contribution in [0.5, 0.6) is 11.5 Å². The first-order valence-corrected chi connectivity index (χ1v) is 11.7. The lowest BCUT2D eigenvalue weighted by Crippen LogP contribution is -2.47. The van der Waals surface area contributed by atoms with E-state index in [0.29, 0.717) is 32.4 Å². The molecule has 9 heteroatoms. The number of para-hydroxylation sites is 1. The van der Waals surface area contributed by atoms with Crippen LogP contribution in [-0.2, 0) is 4.74 Å². The fraction of sp³-hybridized carbons (Fsp3) is 0.240. The van der Waals surface area contributed by atoms with Crippen molar-refractivity contribution < 1.29 is 14.3 Å². The Morgan fingerprint density at radius 2 is 1.94 bits per heavy atom. The van der Waals surface area contributed by atoms with Crippen LogP contribution in [0.15, 0.2) is 59.4 Å². The highest BCUT2D eigenvalue weighted by Crippen LogP contribution is 2.31. The minimum atomic E-state index is -0.450. The molecule has 34 heavy (non-hydrogen) atoms. The van der Waals surface area contributed by atoms with Crippen molar-refractivity contribution in [3.05, 3.63) is 75.4 Å². The first-order valence-electron chi connectivity index (χ1n) is 10.9. The van der Waals surface area contributed by atoms with Gasteiger partial charge in [-0.1, -0.05) is 24.3 Å². The van der Waals surface area contributed by atoms with Gasteiger partial charge in [0.15, 0.2) is 5.82 Å². The molecule has 0 unspecified atom stereocenters. The van der Waals surface area contributed by atoms with Gasteiger partial charge < -0.3 is 20.5 Å². The molecule has 1 aliphatic rings. The second-order valence-corrected chi connectivity index (χ2v) is 9.33. The Morgan fingerprint density at radius 3 is 2.68 bits per heavy atom. The topological polar surface area (TPSA) is 108 Å². The van der Waals surface area contributed by atoms with Crippen molar-refractivity contribution in [3.8, 4) is 17.2 Å². The van der Waals surface area contributed by atoms with Gasteiger partial charge in [-0.3, -0.25) is 14.2 Å². The molecule has 0 spiro atoms. The van der Waals surface area contributed by atoms with E-state index in [-0.39, 0.29) is 23.9 Å². The van der Waals surface area contributed by atoms with Crippen LogP contribution < -0.4 is 21.3 Å². The van der Waals surface area contributed by atoms with Crippen LogP contribution in [0.3, 0.4) is 0 Å². The molecule has 4 aromatic rings. The van der Waals surface area contributed by atoms with Crippen molar-refractivity contribution in [2.24, 2.45) is 0 Å². The van der Waals surface area contributed by atoms with Crippen LogP contribution in [0.1, 0.15) is 28.1 Å². The van der Waals surface area contributed by atoms with E-state index in [1.54, 1.807) is 19.2 Å². The van der Waals surface area contributed by atoms with Crippen LogP contribution in [0.25, 0.3) is 16.0 Å². The molecule has 0 atom stereocenters. The molecule has 0 saturated heterocycles. The van der Waals surface area contributed by atoms with Gasteiger partial charge in [-0.25, -0.2) is 4.98 Å². The molecule has 2 aromatic carbocycles. The smallest absolute Gasteiger partial charge is 0.298 e. The van der Waals surface area contributed by atoms with E-state index in [9.17, 15) is 9.59 Å². The van der Waals surface area contributed by atoms with Crippen LogP contribution >= 0.6 is 11.3 Å². The van der Waals surface area contributed by atoms with Crippen LogP contribution in [0.2, 0.25) is 0 Å². The van der Waals surface area contributed by atoms with Gasteiger partial charge in [-0.15, -0.1) is 11.3 Å². The van der Waals surface area contributed by atoms with Gasteiger partial charge in [0.05, 0.1) is 22.2 Å². The summed E-state index contributed by atoms with van der Waals surface area (Å²) in [4.78, 5) is 31.1. The maximum absolute atomic E-state index is 13.0. The maximum Gasteiger partial charge on any atom is 0.298 e. The molecule has 0 aliphatic heterocycles. The number of nitrogens with zero attached hydrogens (tertiary/aromatic N) is 2. The minimum absolute atomic E-state index is 0.0812. The SMILES string of the molecule is COC1CC(NC(=O)c2cc3c(nc(N)c(=O)n3-c3ccc(C)c(Oc4ccccc4)c3)s2)C1. The molecule has 174 valence electrons. The number of amides is 1. The Hall–Kier alpha value is -3.69. The van der Waals surface area contributed by atoms with Gasteiger partial charge in [0.25, 0.3) is 11.5 Å². The predicted octanol–water partition coefficient (Wildman–Crippen LogP) is 4.04. The fourth-order valence-electron chi connectivity index (χ4n) is 3.95. The minimum Gasteiger partial charge on any atom is -0.457 e. The van der Waals surface area contributed by atoms with Crippen LogP contribution in [0.4, 0.5) is 5.82 Å². The first kappa shape index (κ1) is 22.1. The number of aromatic nitrogens is 2. The summed E-state index contributed by atoms with van der Waals surface area (Å²) in [5.41, 5.74) is 7.52. The molecular formula is C25H24N4O4S. The van der Waals surface area contributed by atoms with E-state index in [2.05, 4.69) is 10.3 Å². The van der Waals surface area contributed by atoms with Gasteiger partial charge >= 0.3 is 0 Å². The lowest BCUT2D eigenvalue weighted by molar-refractivity contribution is 0.0177. The zero-order valence-corrected chi connectivity index (χ0v) is 19.6. The number of fused-ring (bicyclic) bond motifs is 1. The molecule has 0 radical (unpaired) electrons. The zero-order chi connectivity index (χ0) is 23.8. The Bertz CT molecular complexity index is 1420. The Kier molecular flexibility index (Phi) is 5.80. The fourth-order valence-corrected chi connectivity index (χ4v) is 4.88. The number of methoxy groups -OCH3 is 1. The van der Waals surface area contributed by atoms with Gasteiger partial charge in [0, 0.05) is 19.2 Å². The molecule has 1 aliphatic carbocycles. The van der Waals surface area contributed by atoms with Crippen molar-refractivity contribution in [2.75, 3.05) is 12.8 Å². The molecule has 2 aromatic heterocycles. The summed E-state index contributed by atoms with van der Waals surface area (Å²) >= 11 is 1.20. The third kappa shape index (κ3) is 4.15. The normalized spacial score (nSPS) is 17.4. The monoisotopic (exact) mass is 476 g/mol. The van der Waals surface area contributed by atoms with Crippen molar-refractivity contribution in [2.45, 2.75) is 31.9 Å². The van der Waals surface area contributed by atoms with Gasteiger partial charge in [-0.2, -0.15) is 0 Å². The Balaban J connectivity index is 1.52. The second-order valence-electron chi connectivity index (χ2n) is 8.30. The third-order valence-electron chi connectivity index (χ3n) is 5.97. The number of hydrogen-bond acceptors (Lipinski definition) is 7. The Labute approximate surface area is 200 Å². The van der Waals surface area contributed by atoms with Crippen molar-refractivity contribution in [3.63, 3.8) is 0 Å². The lowest BCUT2D eigenvalue weighted by Gasteiger charge is -2.34. The largest absolute Gasteiger partial charge is 0.457 e. The summed E-state index contributed by atoms with van der Waals surface area (Å²) < 4.78 is 12.8. The number of benzene rings is 2. The summed E-state index contributed by atoms with van der Waals surface area (Å²) in [5.74, 6) is 0.979. The van der Waals surface area contributed by atoms with Crippen molar-refractivity contribution in [1.29, 1.82) is 0 Å². The quantitative estimate of drug-likeness (QED) is 0.435. The lowest BCUT2D eigenvalue weighted by atomic mass is 9.89. The average Bonchev–Trinajstić information content (AvgIpc) is 3.22. The number of ether oxygens (including phenoxy) is 2. The van der Waals surface area contributed by atoms with Crippen molar-refractivity contribution >= 4 is 33.4 Å². The standard InChI is InChI=1S/C25H24N4O4S/c1-14-8-9-16(12-20(14)33-17-6-4-3-5-7-17)29-19-13-21(34-24(19)28-22(26)25(29)31)23(30)27-15-10-18(11-15)32-2/h3-9,12-13,15,18H,10-11H2,1-2H3,(H2,26,28)(H,27,30). The van der Waals surface area contributed by atoms with Gasteiger partial charge in [0.1, 0.15) is 16.3 Å². The zero-order valence-electron chi connectivity index (χ0n) is 18.8. The highest BCUT2D eigenvalue weighted by Gasteiger charge is 2.31. The molecule has 3 N–H and O–H groups in total. The first-order chi connectivity index (χ1) is 16.4.